The van der Waals surface area contributed by atoms with Crippen LogP contribution in [0.4, 0.5) is 5.13 Å². The number of hydrogen-bond donors (Lipinski definition) is 2. The van der Waals surface area contributed by atoms with Crippen molar-refractivity contribution in [3.8, 4) is 0 Å². The molecule has 1 amide bonds. The number of benzene rings is 1. The molecule has 1 aromatic heterocycles. The van der Waals surface area contributed by atoms with E-state index >= 15 is 0 Å². The highest BCUT2D eigenvalue weighted by Crippen LogP contribution is 2.25. The molecule has 2 N–H and O–H groups in total. The van der Waals surface area contributed by atoms with Gasteiger partial charge in [0.15, 0.2) is 4.34 Å². The lowest BCUT2D eigenvalue weighted by Gasteiger charge is -2.13. The maximum atomic E-state index is 11.9. The number of aromatic nitrogens is 2. The molecule has 0 aliphatic rings. The predicted octanol–water partition coefficient (Wildman–Crippen LogP) is 3.20. The lowest BCUT2D eigenvalue weighted by atomic mass is 10.1. The number of anilines is 1. The van der Waals surface area contributed by atoms with Gasteiger partial charge in [0.25, 0.3) is 0 Å². The first-order chi connectivity index (χ1) is 10.1. The topological polar surface area (TPSA) is 66.9 Å². The molecule has 0 bridgehead atoms. The summed E-state index contributed by atoms with van der Waals surface area (Å²) in [5.74, 6) is 0.277. The van der Waals surface area contributed by atoms with Gasteiger partial charge >= 0.3 is 0 Å². The lowest BCUT2D eigenvalue weighted by molar-refractivity contribution is -0.119. The molecule has 0 fully saturated rings. The monoisotopic (exact) mass is 342 g/mol. The normalized spacial score (nSPS) is 12.0. The third kappa shape index (κ3) is 4.87. The van der Waals surface area contributed by atoms with Gasteiger partial charge in [-0.2, -0.15) is 0 Å². The summed E-state index contributed by atoms with van der Waals surface area (Å²) < 4.78 is 0.772. The molecule has 2 rings (SSSR count). The summed E-state index contributed by atoms with van der Waals surface area (Å²) >= 11 is 8.65. The number of halogens is 1. The van der Waals surface area contributed by atoms with Gasteiger partial charge in [0.2, 0.25) is 11.0 Å². The van der Waals surface area contributed by atoms with Crippen molar-refractivity contribution in [3.05, 3.63) is 34.9 Å². The van der Waals surface area contributed by atoms with Gasteiger partial charge < -0.3 is 10.6 Å². The number of nitrogens with zero attached hydrogens (tertiary/aromatic N) is 2. The lowest BCUT2D eigenvalue weighted by Crippen LogP contribution is -2.28. The van der Waals surface area contributed by atoms with Crippen LogP contribution in [0, 0.1) is 0 Å². The Hall–Kier alpha value is -1.31. The zero-order chi connectivity index (χ0) is 15.2. The zero-order valence-electron chi connectivity index (χ0n) is 11.6. The van der Waals surface area contributed by atoms with Crippen molar-refractivity contribution in [2.75, 3.05) is 18.1 Å². The second-order valence-electron chi connectivity index (χ2n) is 4.25. The average Bonchev–Trinajstić information content (AvgIpc) is 2.94. The molecule has 1 heterocycles. The molecule has 1 aromatic carbocycles. The van der Waals surface area contributed by atoms with Crippen LogP contribution < -0.4 is 10.6 Å². The predicted molar refractivity (Wildman–Crippen MR) is 88.2 cm³/mol. The number of amides is 1. The molecule has 0 unspecified atom stereocenters. The fraction of sp³-hybridized carbons (Fsp3) is 0.308. The number of hydrogen-bond acceptors (Lipinski definition) is 6. The summed E-state index contributed by atoms with van der Waals surface area (Å²) in [5.41, 5.74) is 1.02. The van der Waals surface area contributed by atoms with Gasteiger partial charge in [-0.3, -0.25) is 4.79 Å². The van der Waals surface area contributed by atoms with Gasteiger partial charge in [-0.1, -0.05) is 46.8 Å². The highest BCUT2D eigenvalue weighted by atomic mass is 35.5. The van der Waals surface area contributed by atoms with E-state index in [-0.39, 0.29) is 11.9 Å². The molecule has 1 atom stereocenters. The van der Waals surface area contributed by atoms with Crippen LogP contribution >= 0.6 is 34.7 Å². The SMILES string of the molecule is CNc1nnc(SCC(=O)N[C@H](C)c2ccc(Cl)cc2)s1. The van der Waals surface area contributed by atoms with Crippen molar-refractivity contribution in [2.45, 2.75) is 17.3 Å². The summed E-state index contributed by atoms with van der Waals surface area (Å²) in [6.45, 7) is 1.94. The third-order valence-electron chi connectivity index (χ3n) is 2.69. The summed E-state index contributed by atoms with van der Waals surface area (Å²) in [4.78, 5) is 11.9. The van der Waals surface area contributed by atoms with Gasteiger partial charge in [0.1, 0.15) is 0 Å². The summed E-state index contributed by atoms with van der Waals surface area (Å²) in [6, 6.07) is 7.39. The Morgan fingerprint density at radius 3 is 2.71 bits per heavy atom. The van der Waals surface area contributed by atoms with E-state index in [1.54, 1.807) is 7.05 Å². The molecule has 21 heavy (non-hydrogen) atoms. The van der Waals surface area contributed by atoms with E-state index in [4.69, 9.17) is 11.6 Å². The van der Waals surface area contributed by atoms with Crippen molar-refractivity contribution >= 4 is 45.7 Å². The Balaban J connectivity index is 1.82. The quantitative estimate of drug-likeness (QED) is 0.789. The van der Waals surface area contributed by atoms with Gasteiger partial charge in [0.05, 0.1) is 11.8 Å². The van der Waals surface area contributed by atoms with E-state index in [2.05, 4.69) is 20.8 Å². The van der Waals surface area contributed by atoms with Gasteiger partial charge in [0, 0.05) is 12.1 Å². The molecule has 0 saturated heterocycles. The fourth-order valence-corrected chi connectivity index (χ4v) is 3.26. The van der Waals surface area contributed by atoms with E-state index in [0.717, 1.165) is 15.0 Å². The minimum absolute atomic E-state index is 0.0383. The Kier molecular flexibility index (Phi) is 5.84. The first-order valence-electron chi connectivity index (χ1n) is 6.27. The van der Waals surface area contributed by atoms with Crippen LogP contribution in [-0.2, 0) is 4.79 Å². The second kappa shape index (κ2) is 7.63. The van der Waals surface area contributed by atoms with Crippen molar-refractivity contribution < 1.29 is 4.79 Å². The van der Waals surface area contributed by atoms with Crippen molar-refractivity contribution in [1.29, 1.82) is 0 Å². The van der Waals surface area contributed by atoms with Crippen molar-refractivity contribution in [1.82, 2.24) is 15.5 Å². The molecule has 0 aliphatic heterocycles. The summed E-state index contributed by atoms with van der Waals surface area (Å²) in [5, 5.41) is 15.2. The van der Waals surface area contributed by atoms with Crippen LogP contribution in [0.15, 0.2) is 28.6 Å². The minimum atomic E-state index is -0.0577. The minimum Gasteiger partial charge on any atom is -0.363 e. The van der Waals surface area contributed by atoms with Crippen molar-refractivity contribution in [3.63, 3.8) is 0 Å². The van der Waals surface area contributed by atoms with Crippen LogP contribution in [0.2, 0.25) is 5.02 Å². The Morgan fingerprint density at radius 2 is 2.10 bits per heavy atom. The molecular formula is C13H15ClN4OS2. The molecule has 0 aliphatic carbocycles. The van der Waals surface area contributed by atoms with Crippen LogP contribution in [0.3, 0.4) is 0 Å². The van der Waals surface area contributed by atoms with Gasteiger partial charge in [-0.05, 0) is 24.6 Å². The standard InChI is InChI=1S/C13H15ClN4OS2/c1-8(9-3-5-10(14)6-4-9)16-11(19)7-20-13-18-17-12(15-2)21-13/h3-6,8H,7H2,1-2H3,(H,15,17)(H,16,19)/t8-/m1/s1. The molecular weight excluding hydrogens is 328 g/mol. The molecule has 0 radical (unpaired) electrons. The maximum absolute atomic E-state index is 11.9. The van der Waals surface area contributed by atoms with E-state index in [0.29, 0.717) is 10.8 Å². The summed E-state index contributed by atoms with van der Waals surface area (Å²) in [7, 11) is 1.79. The van der Waals surface area contributed by atoms with E-state index in [1.165, 1.54) is 23.1 Å². The number of carbonyl (C=O) groups excluding carboxylic acids is 1. The number of rotatable bonds is 6. The number of nitrogens with one attached hydrogen (secondary N) is 2. The smallest absolute Gasteiger partial charge is 0.230 e. The molecule has 8 heteroatoms. The highest BCUT2D eigenvalue weighted by molar-refractivity contribution is 8.01. The van der Waals surface area contributed by atoms with Crippen molar-refractivity contribution in [2.24, 2.45) is 0 Å². The second-order valence-corrected chi connectivity index (χ2v) is 6.89. The van der Waals surface area contributed by atoms with Gasteiger partial charge in [-0.25, -0.2) is 0 Å². The third-order valence-corrected chi connectivity index (χ3v) is 5.02. The molecule has 112 valence electrons. The Bertz CT molecular complexity index is 602. The zero-order valence-corrected chi connectivity index (χ0v) is 14.0. The Labute approximate surface area is 136 Å². The maximum Gasteiger partial charge on any atom is 0.230 e. The first-order valence-corrected chi connectivity index (χ1v) is 8.45. The largest absolute Gasteiger partial charge is 0.363 e. The Morgan fingerprint density at radius 1 is 1.38 bits per heavy atom. The number of carbonyl (C=O) groups is 1. The average molecular weight is 343 g/mol. The van der Waals surface area contributed by atoms with E-state index in [1.807, 2.05) is 31.2 Å². The summed E-state index contributed by atoms with van der Waals surface area (Å²) in [6.07, 6.45) is 0. The molecule has 0 saturated carbocycles. The molecule has 2 aromatic rings. The highest BCUT2D eigenvalue weighted by Gasteiger charge is 2.11. The first kappa shape index (κ1) is 16.1. The van der Waals surface area contributed by atoms with E-state index in [9.17, 15) is 4.79 Å². The van der Waals surface area contributed by atoms with Crippen LogP contribution in [0.5, 0.6) is 0 Å². The van der Waals surface area contributed by atoms with E-state index < -0.39 is 0 Å². The van der Waals surface area contributed by atoms with Crippen LogP contribution in [-0.4, -0.2) is 28.9 Å². The number of thioether (sulfide) groups is 1. The van der Waals surface area contributed by atoms with Crippen LogP contribution in [0.25, 0.3) is 0 Å². The fourth-order valence-electron chi connectivity index (χ4n) is 1.61. The van der Waals surface area contributed by atoms with Gasteiger partial charge in [-0.15, -0.1) is 10.2 Å². The van der Waals surface area contributed by atoms with Crippen LogP contribution in [0.1, 0.15) is 18.5 Å². The molecule has 5 nitrogen and oxygen atoms in total. The molecule has 0 spiro atoms.